The van der Waals surface area contributed by atoms with Crippen LogP contribution in [0.25, 0.3) is 0 Å². The molecule has 2 saturated heterocycles. The van der Waals surface area contributed by atoms with Crippen molar-refractivity contribution in [2.45, 2.75) is 65.0 Å². The summed E-state index contributed by atoms with van der Waals surface area (Å²) in [7, 11) is 0. The quantitative estimate of drug-likeness (QED) is 0.834. The standard InChI is InChI=1S/C17H34N2S/c1-5-17(6-2)13-19(16(11-18-17)14(3)4)12-15-7-9-20-10-8-15/h14-16,18H,5-13H2,1-4H3. The average Bonchev–Trinajstić information content (AvgIpc) is 2.48. The number of nitrogens with zero attached hydrogens (tertiary/aromatic N) is 1. The third kappa shape index (κ3) is 3.92. The van der Waals surface area contributed by atoms with Crippen LogP contribution in [-0.2, 0) is 0 Å². The van der Waals surface area contributed by atoms with Crippen LogP contribution >= 0.6 is 11.8 Å². The van der Waals surface area contributed by atoms with E-state index in [1.54, 1.807) is 0 Å². The molecule has 0 aromatic heterocycles. The van der Waals surface area contributed by atoms with Gasteiger partial charge in [-0.2, -0.15) is 11.8 Å². The zero-order valence-electron chi connectivity index (χ0n) is 14.0. The summed E-state index contributed by atoms with van der Waals surface area (Å²) < 4.78 is 0. The average molecular weight is 299 g/mol. The van der Waals surface area contributed by atoms with Gasteiger partial charge in [0, 0.05) is 31.2 Å². The summed E-state index contributed by atoms with van der Waals surface area (Å²) in [6, 6.07) is 0.732. The molecular formula is C17H34N2S. The van der Waals surface area contributed by atoms with Crippen LogP contribution in [0.2, 0.25) is 0 Å². The third-order valence-corrected chi connectivity index (χ3v) is 6.67. The van der Waals surface area contributed by atoms with Gasteiger partial charge < -0.3 is 5.32 Å². The molecule has 1 atom stereocenters. The summed E-state index contributed by atoms with van der Waals surface area (Å²) in [6.07, 6.45) is 5.38. The van der Waals surface area contributed by atoms with Gasteiger partial charge in [-0.1, -0.05) is 27.7 Å². The Kier molecular flexibility index (Phi) is 6.25. The SMILES string of the molecule is CCC1(CC)CN(CC2CCSCC2)C(C(C)C)CN1. The molecule has 118 valence electrons. The second-order valence-electron chi connectivity index (χ2n) is 7.16. The first-order valence-corrected chi connectivity index (χ1v) is 9.82. The zero-order valence-corrected chi connectivity index (χ0v) is 14.8. The zero-order chi connectivity index (χ0) is 14.6. The Labute approximate surface area is 130 Å². The first-order valence-electron chi connectivity index (χ1n) is 8.67. The van der Waals surface area contributed by atoms with Gasteiger partial charge in [0.2, 0.25) is 0 Å². The number of hydrogen-bond acceptors (Lipinski definition) is 3. The minimum atomic E-state index is 0.370. The highest BCUT2D eigenvalue weighted by atomic mass is 32.2. The van der Waals surface area contributed by atoms with E-state index in [1.165, 1.54) is 56.8 Å². The van der Waals surface area contributed by atoms with Gasteiger partial charge in [0.1, 0.15) is 0 Å². The van der Waals surface area contributed by atoms with Crippen molar-refractivity contribution in [1.29, 1.82) is 0 Å². The Morgan fingerprint density at radius 3 is 2.40 bits per heavy atom. The normalized spacial score (nSPS) is 28.9. The minimum Gasteiger partial charge on any atom is -0.308 e. The Hall–Kier alpha value is 0.270. The molecule has 1 N–H and O–H groups in total. The lowest BCUT2D eigenvalue weighted by atomic mass is 9.85. The smallest absolute Gasteiger partial charge is 0.0304 e. The molecule has 2 nitrogen and oxygen atoms in total. The summed E-state index contributed by atoms with van der Waals surface area (Å²) in [5.41, 5.74) is 0.370. The van der Waals surface area contributed by atoms with Crippen molar-refractivity contribution in [1.82, 2.24) is 10.2 Å². The monoisotopic (exact) mass is 298 g/mol. The van der Waals surface area contributed by atoms with Crippen molar-refractivity contribution in [2.24, 2.45) is 11.8 Å². The van der Waals surface area contributed by atoms with Gasteiger partial charge in [-0.3, -0.25) is 4.90 Å². The fraction of sp³-hybridized carbons (Fsp3) is 1.00. The van der Waals surface area contributed by atoms with Gasteiger partial charge >= 0.3 is 0 Å². The highest BCUT2D eigenvalue weighted by Gasteiger charge is 2.38. The lowest BCUT2D eigenvalue weighted by Gasteiger charge is -2.50. The van der Waals surface area contributed by atoms with Crippen LogP contribution in [0.3, 0.4) is 0 Å². The number of rotatable bonds is 5. The minimum absolute atomic E-state index is 0.370. The lowest BCUT2D eigenvalue weighted by Crippen LogP contribution is -2.65. The van der Waals surface area contributed by atoms with Gasteiger partial charge in [-0.05, 0) is 49.0 Å². The fourth-order valence-electron chi connectivity index (χ4n) is 3.85. The van der Waals surface area contributed by atoms with Crippen LogP contribution in [0.1, 0.15) is 53.4 Å². The molecule has 1 unspecified atom stereocenters. The summed E-state index contributed by atoms with van der Waals surface area (Å²) in [5.74, 6) is 4.47. The number of thioether (sulfide) groups is 1. The van der Waals surface area contributed by atoms with E-state index in [1.807, 2.05) is 0 Å². The first kappa shape index (κ1) is 16.6. The van der Waals surface area contributed by atoms with E-state index in [0.717, 1.165) is 17.9 Å². The molecule has 3 heteroatoms. The molecule has 2 aliphatic heterocycles. The molecule has 0 amide bonds. The molecule has 0 aromatic rings. The number of piperazine rings is 1. The van der Waals surface area contributed by atoms with Crippen LogP contribution in [-0.4, -0.2) is 47.6 Å². The maximum atomic E-state index is 3.88. The van der Waals surface area contributed by atoms with Crippen molar-refractivity contribution in [2.75, 3.05) is 31.1 Å². The molecular weight excluding hydrogens is 264 g/mol. The Bertz CT molecular complexity index is 283. The molecule has 0 radical (unpaired) electrons. The van der Waals surface area contributed by atoms with Crippen molar-refractivity contribution in [3.63, 3.8) is 0 Å². The predicted octanol–water partition coefficient (Wildman–Crippen LogP) is 3.62. The molecule has 0 aromatic carbocycles. The molecule has 2 aliphatic rings. The molecule has 2 rings (SSSR count). The Balaban J connectivity index is 2.02. The number of hydrogen-bond donors (Lipinski definition) is 1. The van der Waals surface area contributed by atoms with Crippen molar-refractivity contribution < 1.29 is 0 Å². The van der Waals surface area contributed by atoms with Gasteiger partial charge in [-0.15, -0.1) is 0 Å². The lowest BCUT2D eigenvalue weighted by molar-refractivity contribution is 0.0372. The molecule has 0 aliphatic carbocycles. The largest absolute Gasteiger partial charge is 0.308 e. The number of nitrogens with one attached hydrogen (secondary N) is 1. The van der Waals surface area contributed by atoms with Crippen molar-refractivity contribution in [3.05, 3.63) is 0 Å². The van der Waals surface area contributed by atoms with Gasteiger partial charge in [0.05, 0.1) is 0 Å². The molecule has 0 spiro atoms. The van der Waals surface area contributed by atoms with Gasteiger partial charge in [-0.25, -0.2) is 0 Å². The van der Waals surface area contributed by atoms with Crippen LogP contribution in [0, 0.1) is 11.8 Å². The van der Waals surface area contributed by atoms with E-state index in [9.17, 15) is 0 Å². The molecule has 0 bridgehead atoms. The van der Waals surface area contributed by atoms with Gasteiger partial charge in [0.25, 0.3) is 0 Å². The van der Waals surface area contributed by atoms with E-state index >= 15 is 0 Å². The van der Waals surface area contributed by atoms with E-state index in [-0.39, 0.29) is 0 Å². The van der Waals surface area contributed by atoms with Crippen molar-refractivity contribution in [3.8, 4) is 0 Å². The topological polar surface area (TPSA) is 15.3 Å². The molecule has 0 saturated carbocycles. The van der Waals surface area contributed by atoms with E-state index in [4.69, 9.17) is 0 Å². The molecule has 20 heavy (non-hydrogen) atoms. The third-order valence-electron chi connectivity index (χ3n) is 5.62. The van der Waals surface area contributed by atoms with Crippen LogP contribution < -0.4 is 5.32 Å². The van der Waals surface area contributed by atoms with Gasteiger partial charge in [0.15, 0.2) is 0 Å². The van der Waals surface area contributed by atoms with Crippen molar-refractivity contribution >= 4 is 11.8 Å². The van der Waals surface area contributed by atoms with E-state index in [0.29, 0.717) is 5.54 Å². The predicted molar refractivity (Wildman–Crippen MR) is 91.6 cm³/mol. The summed E-state index contributed by atoms with van der Waals surface area (Å²) in [6.45, 7) is 13.3. The highest BCUT2D eigenvalue weighted by Crippen LogP contribution is 2.29. The summed E-state index contributed by atoms with van der Waals surface area (Å²) in [5, 5.41) is 3.88. The molecule has 2 heterocycles. The van der Waals surface area contributed by atoms with Crippen LogP contribution in [0.5, 0.6) is 0 Å². The van der Waals surface area contributed by atoms with Crippen LogP contribution in [0.15, 0.2) is 0 Å². The second kappa shape index (κ2) is 7.51. The maximum Gasteiger partial charge on any atom is 0.0304 e. The summed E-state index contributed by atoms with van der Waals surface area (Å²) >= 11 is 2.15. The van der Waals surface area contributed by atoms with Crippen LogP contribution in [0.4, 0.5) is 0 Å². The Morgan fingerprint density at radius 1 is 1.20 bits per heavy atom. The Morgan fingerprint density at radius 2 is 1.85 bits per heavy atom. The first-order chi connectivity index (χ1) is 9.60. The highest BCUT2D eigenvalue weighted by molar-refractivity contribution is 7.99. The van der Waals surface area contributed by atoms with E-state index < -0.39 is 0 Å². The summed E-state index contributed by atoms with van der Waals surface area (Å²) in [4.78, 5) is 2.84. The molecule has 2 fully saturated rings. The fourth-order valence-corrected chi connectivity index (χ4v) is 5.06. The van der Waals surface area contributed by atoms with E-state index in [2.05, 4.69) is 49.7 Å². The second-order valence-corrected chi connectivity index (χ2v) is 8.39. The maximum absolute atomic E-state index is 3.88.